The van der Waals surface area contributed by atoms with Crippen LogP contribution < -0.4 is 15.8 Å². The van der Waals surface area contributed by atoms with Crippen LogP contribution >= 0.6 is 11.6 Å². The van der Waals surface area contributed by atoms with E-state index in [2.05, 4.69) is 21.4 Å². The first-order valence-electron chi connectivity index (χ1n) is 9.10. The molecular formula is C22H17ClFN4O2. The van der Waals surface area contributed by atoms with Gasteiger partial charge in [-0.2, -0.15) is 0 Å². The predicted octanol–water partition coefficient (Wildman–Crippen LogP) is 4.68. The summed E-state index contributed by atoms with van der Waals surface area (Å²) >= 11 is 5.93. The van der Waals surface area contributed by atoms with Gasteiger partial charge in [0.2, 0.25) is 5.88 Å². The Kier molecular flexibility index (Phi) is 5.65. The standard InChI is InChI=1S/C22H17ClFN4O2/c23-17-10-14(11-18(24)22(17)29)13-1-3-19-16(9-13)20(5-7-26-19)28-15-2-4-21(27-12-15)30-8-6-25/h1-4,7,9-12,29H,6,8,25H2,(H,26,28). The van der Waals surface area contributed by atoms with E-state index in [1.165, 1.54) is 12.1 Å². The van der Waals surface area contributed by atoms with Gasteiger partial charge in [-0.15, -0.1) is 0 Å². The van der Waals surface area contributed by atoms with E-state index in [0.717, 1.165) is 22.2 Å². The fourth-order valence-electron chi connectivity index (χ4n) is 2.96. The third kappa shape index (κ3) is 4.12. The first-order valence-corrected chi connectivity index (χ1v) is 9.47. The number of hydrogen-bond donors (Lipinski definition) is 3. The summed E-state index contributed by atoms with van der Waals surface area (Å²) in [6, 6.07) is 14.9. The predicted molar refractivity (Wildman–Crippen MR) is 115 cm³/mol. The number of hydrogen-bond acceptors (Lipinski definition) is 6. The average molecular weight is 424 g/mol. The first-order chi connectivity index (χ1) is 14.5. The second-order valence-corrected chi connectivity index (χ2v) is 6.85. The molecule has 0 spiro atoms. The second-order valence-electron chi connectivity index (χ2n) is 6.45. The van der Waals surface area contributed by atoms with Crippen molar-refractivity contribution in [2.75, 3.05) is 18.5 Å². The maximum absolute atomic E-state index is 13.9. The maximum Gasteiger partial charge on any atom is 0.213 e. The average Bonchev–Trinajstić information content (AvgIpc) is 2.76. The van der Waals surface area contributed by atoms with Gasteiger partial charge in [0.25, 0.3) is 0 Å². The van der Waals surface area contributed by atoms with Crippen LogP contribution in [0.2, 0.25) is 5.02 Å². The Morgan fingerprint density at radius 2 is 2.00 bits per heavy atom. The van der Waals surface area contributed by atoms with Crippen molar-refractivity contribution >= 4 is 33.9 Å². The molecule has 2 heterocycles. The first kappa shape index (κ1) is 19.9. The van der Waals surface area contributed by atoms with Crippen LogP contribution in [0, 0.1) is 11.9 Å². The molecule has 0 aliphatic rings. The number of pyridine rings is 2. The number of anilines is 2. The van der Waals surface area contributed by atoms with Gasteiger partial charge >= 0.3 is 0 Å². The highest BCUT2D eigenvalue weighted by Gasteiger charge is 2.11. The van der Waals surface area contributed by atoms with Gasteiger partial charge in [-0.3, -0.25) is 4.98 Å². The van der Waals surface area contributed by atoms with Gasteiger partial charge in [-0.1, -0.05) is 17.7 Å². The summed E-state index contributed by atoms with van der Waals surface area (Å²) < 4.78 is 19.3. The van der Waals surface area contributed by atoms with Gasteiger partial charge in [0.05, 0.1) is 28.1 Å². The van der Waals surface area contributed by atoms with Crippen molar-refractivity contribution < 1.29 is 14.2 Å². The summed E-state index contributed by atoms with van der Waals surface area (Å²) in [7, 11) is 0. The number of fused-ring (bicyclic) bond motifs is 1. The fourth-order valence-corrected chi connectivity index (χ4v) is 3.16. The zero-order valence-electron chi connectivity index (χ0n) is 15.7. The number of aromatic hydroxyl groups is 1. The molecule has 0 amide bonds. The monoisotopic (exact) mass is 423 g/mol. The minimum absolute atomic E-state index is 0.0517. The molecule has 0 saturated heterocycles. The zero-order chi connectivity index (χ0) is 21.1. The lowest BCUT2D eigenvalue weighted by molar-refractivity contribution is 0.316. The number of nitrogens with zero attached hydrogens (tertiary/aromatic N) is 2. The van der Waals surface area contributed by atoms with Crippen molar-refractivity contribution in [2.24, 2.45) is 5.73 Å². The third-order valence-corrected chi connectivity index (χ3v) is 4.69. The Balaban J connectivity index is 1.68. The van der Waals surface area contributed by atoms with Crippen LogP contribution in [0.1, 0.15) is 0 Å². The number of ether oxygens (including phenoxy) is 1. The minimum atomic E-state index is -0.781. The Hall–Kier alpha value is -3.42. The molecule has 4 rings (SSSR count). The van der Waals surface area contributed by atoms with E-state index in [-0.39, 0.29) is 5.02 Å². The van der Waals surface area contributed by atoms with Crippen LogP contribution in [0.5, 0.6) is 11.6 Å². The smallest absolute Gasteiger partial charge is 0.213 e. The molecule has 6 nitrogen and oxygen atoms in total. The van der Waals surface area contributed by atoms with E-state index in [9.17, 15) is 9.50 Å². The Morgan fingerprint density at radius 3 is 2.73 bits per heavy atom. The van der Waals surface area contributed by atoms with Crippen molar-refractivity contribution in [1.29, 1.82) is 0 Å². The molecule has 30 heavy (non-hydrogen) atoms. The van der Waals surface area contributed by atoms with Gasteiger partial charge in [0.15, 0.2) is 11.6 Å². The molecule has 0 atom stereocenters. The lowest BCUT2D eigenvalue weighted by Crippen LogP contribution is -2.11. The summed E-state index contributed by atoms with van der Waals surface area (Å²) in [5.74, 6) is -0.857. The van der Waals surface area contributed by atoms with Gasteiger partial charge < -0.3 is 20.9 Å². The third-order valence-electron chi connectivity index (χ3n) is 4.40. The number of phenolic OH excluding ortho intramolecular Hbond substituents is 1. The number of phenols is 1. The van der Waals surface area contributed by atoms with Gasteiger partial charge in [0, 0.05) is 30.3 Å². The second kappa shape index (κ2) is 8.52. The number of nitrogens with one attached hydrogen (secondary N) is 1. The summed E-state index contributed by atoms with van der Waals surface area (Å²) in [6.07, 6.45) is 3.22. The van der Waals surface area contributed by atoms with E-state index in [0.29, 0.717) is 30.3 Å². The van der Waals surface area contributed by atoms with Crippen LogP contribution in [0.15, 0.2) is 54.9 Å². The normalized spacial score (nSPS) is 10.9. The summed E-state index contributed by atoms with van der Waals surface area (Å²) in [4.78, 5) is 8.57. The SMILES string of the molecule is NCCOc1ccc(Nc2[c]cnc3ccc(-c4cc(F)c(O)c(Cl)c4)cc23)cn1. The molecule has 2 aromatic heterocycles. The van der Waals surface area contributed by atoms with Crippen LogP contribution in [0.25, 0.3) is 22.0 Å². The number of rotatable bonds is 6. The lowest BCUT2D eigenvalue weighted by atomic mass is 10.0. The summed E-state index contributed by atoms with van der Waals surface area (Å²) in [5.41, 5.74) is 8.84. The molecule has 0 aliphatic carbocycles. The summed E-state index contributed by atoms with van der Waals surface area (Å²) in [6.45, 7) is 0.811. The maximum atomic E-state index is 13.9. The van der Waals surface area contributed by atoms with E-state index >= 15 is 0 Å². The molecule has 4 N–H and O–H groups in total. The molecule has 151 valence electrons. The van der Waals surface area contributed by atoms with Crippen molar-refractivity contribution in [3.63, 3.8) is 0 Å². The van der Waals surface area contributed by atoms with Crippen LogP contribution in [0.4, 0.5) is 15.8 Å². The molecule has 0 saturated carbocycles. The molecule has 0 fully saturated rings. The largest absolute Gasteiger partial charge is 0.504 e. The highest BCUT2D eigenvalue weighted by Crippen LogP contribution is 2.34. The molecule has 0 aliphatic heterocycles. The van der Waals surface area contributed by atoms with Crippen molar-refractivity contribution in [2.45, 2.75) is 0 Å². The van der Waals surface area contributed by atoms with E-state index in [4.69, 9.17) is 22.1 Å². The molecule has 0 unspecified atom stereocenters. The molecule has 4 aromatic rings. The van der Waals surface area contributed by atoms with E-state index in [1.54, 1.807) is 18.5 Å². The highest BCUT2D eigenvalue weighted by molar-refractivity contribution is 6.32. The minimum Gasteiger partial charge on any atom is -0.504 e. The van der Waals surface area contributed by atoms with Gasteiger partial charge in [-0.05, 0) is 41.5 Å². The molecule has 0 bridgehead atoms. The highest BCUT2D eigenvalue weighted by atomic mass is 35.5. The topological polar surface area (TPSA) is 93.3 Å². The molecule has 1 radical (unpaired) electrons. The Bertz CT molecular complexity index is 1180. The number of aromatic nitrogens is 2. The molecule has 8 heteroatoms. The van der Waals surface area contributed by atoms with E-state index < -0.39 is 11.6 Å². The van der Waals surface area contributed by atoms with E-state index in [1.807, 2.05) is 24.3 Å². The van der Waals surface area contributed by atoms with Crippen LogP contribution in [0.3, 0.4) is 0 Å². The van der Waals surface area contributed by atoms with Crippen molar-refractivity contribution in [3.8, 4) is 22.8 Å². The van der Waals surface area contributed by atoms with Crippen molar-refractivity contribution in [3.05, 3.63) is 71.8 Å². The summed E-state index contributed by atoms with van der Waals surface area (Å²) in [5, 5.41) is 13.6. The Morgan fingerprint density at radius 1 is 1.13 bits per heavy atom. The number of halogens is 2. The van der Waals surface area contributed by atoms with Crippen LogP contribution in [-0.2, 0) is 0 Å². The number of nitrogens with two attached hydrogens (primary N) is 1. The quantitative estimate of drug-likeness (QED) is 0.417. The zero-order valence-corrected chi connectivity index (χ0v) is 16.4. The van der Waals surface area contributed by atoms with Gasteiger partial charge in [0.1, 0.15) is 6.61 Å². The van der Waals surface area contributed by atoms with Crippen LogP contribution in [-0.4, -0.2) is 28.2 Å². The van der Waals surface area contributed by atoms with Gasteiger partial charge in [-0.25, -0.2) is 9.37 Å². The molecular weight excluding hydrogens is 407 g/mol. The Labute approximate surface area is 177 Å². The fraction of sp³-hybridized carbons (Fsp3) is 0.0909. The van der Waals surface area contributed by atoms with Crippen molar-refractivity contribution in [1.82, 2.24) is 9.97 Å². The lowest BCUT2D eigenvalue weighted by Gasteiger charge is -2.11. The number of benzene rings is 2. The molecule has 2 aromatic carbocycles.